The van der Waals surface area contributed by atoms with Gasteiger partial charge < -0.3 is 4.98 Å². The molecule has 2 heterocycles. The molecule has 1 N–H and O–H groups in total. The number of aromatic amines is 1. The summed E-state index contributed by atoms with van der Waals surface area (Å²) < 4.78 is 24.4. The first kappa shape index (κ1) is 16.6. The van der Waals surface area contributed by atoms with Gasteiger partial charge in [-0.05, 0) is 32.0 Å². The van der Waals surface area contributed by atoms with E-state index in [4.69, 9.17) is 0 Å². The van der Waals surface area contributed by atoms with Crippen LogP contribution in [0.15, 0.2) is 32.7 Å². The van der Waals surface area contributed by atoms with Crippen molar-refractivity contribution >= 4 is 32.1 Å². The molecule has 0 fully saturated rings. The molecule has 0 saturated heterocycles. The fourth-order valence-electron chi connectivity index (χ4n) is 2.35. The van der Waals surface area contributed by atoms with E-state index < -0.39 is 21.1 Å². The quantitative estimate of drug-likeness (QED) is 0.752. The van der Waals surface area contributed by atoms with Gasteiger partial charge >= 0.3 is 5.69 Å². The minimum atomic E-state index is -3.45. The summed E-state index contributed by atoms with van der Waals surface area (Å²) in [6, 6.07) is 4.08. The number of hydrogen-bond acceptors (Lipinski definition) is 6. The molecule has 0 saturated carbocycles. The fraction of sp³-hybridized carbons (Fsp3) is 0.267. The molecule has 0 aliphatic carbocycles. The van der Waals surface area contributed by atoms with Crippen LogP contribution in [-0.4, -0.2) is 29.2 Å². The molecule has 0 aliphatic rings. The molecule has 3 aromatic rings. The van der Waals surface area contributed by atoms with Gasteiger partial charge in [-0.25, -0.2) is 18.2 Å². The van der Waals surface area contributed by atoms with E-state index in [0.29, 0.717) is 10.5 Å². The van der Waals surface area contributed by atoms with Gasteiger partial charge in [0.1, 0.15) is 5.01 Å². The summed E-state index contributed by atoms with van der Waals surface area (Å²) in [5.74, 6) is 0. The van der Waals surface area contributed by atoms with Crippen molar-refractivity contribution < 1.29 is 8.42 Å². The number of nitrogens with zero attached hydrogens (tertiary/aromatic N) is 2. The molecule has 0 bridgehead atoms. The van der Waals surface area contributed by atoms with E-state index in [1.165, 1.54) is 29.5 Å². The minimum Gasteiger partial charge on any atom is -0.307 e. The van der Waals surface area contributed by atoms with E-state index in [0.717, 1.165) is 21.4 Å². The second-order valence-electron chi connectivity index (χ2n) is 5.55. The van der Waals surface area contributed by atoms with Crippen molar-refractivity contribution in [2.24, 2.45) is 0 Å². The predicted molar refractivity (Wildman–Crippen MR) is 92.6 cm³/mol. The number of rotatable bonds is 3. The third kappa shape index (κ3) is 2.92. The van der Waals surface area contributed by atoms with Crippen LogP contribution in [0.25, 0.3) is 10.9 Å². The summed E-state index contributed by atoms with van der Waals surface area (Å²) in [4.78, 5) is 32.8. The zero-order valence-electron chi connectivity index (χ0n) is 13.3. The van der Waals surface area contributed by atoms with Gasteiger partial charge in [-0.1, -0.05) is 0 Å². The highest BCUT2D eigenvalue weighted by Crippen LogP contribution is 2.17. The average molecular weight is 365 g/mol. The van der Waals surface area contributed by atoms with Crippen LogP contribution in [0.3, 0.4) is 0 Å². The Labute approximate surface area is 141 Å². The van der Waals surface area contributed by atoms with Gasteiger partial charge in [-0.2, -0.15) is 0 Å². The van der Waals surface area contributed by atoms with Crippen molar-refractivity contribution in [2.45, 2.75) is 25.3 Å². The lowest BCUT2D eigenvalue weighted by Gasteiger charge is -2.06. The summed E-state index contributed by atoms with van der Waals surface area (Å²) >= 11 is 1.42. The monoisotopic (exact) mass is 365 g/mol. The van der Waals surface area contributed by atoms with E-state index >= 15 is 0 Å². The molecule has 0 radical (unpaired) electrons. The van der Waals surface area contributed by atoms with Gasteiger partial charge in [0.2, 0.25) is 0 Å². The summed E-state index contributed by atoms with van der Waals surface area (Å²) in [6.45, 7) is 3.83. The Kier molecular flexibility index (Phi) is 3.92. The Morgan fingerprint density at radius 2 is 1.96 bits per heavy atom. The molecular weight excluding hydrogens is 350 g/mol. The van der Waals surface area contributed by atoms with Crippen LogP contribution < -0.4 is 11.2 Å². The first-order chi connectivity index (χ1) is 11.2. The van der Waals surface area contributed by atoms with E-state index in [2.05, 4.69) is 9.97 Å². The van der Waals surface area contributed by atoms with Crippen LogP contribution in [-0.2, 0) is 16.4 Å². The zero-order valence-corrected chi connectivity index (χ0v) is 14.9. The Hall–Kier alpha value is -2.26. The van der Waals surface area contributed by atoms with Crippen molar-refractivity contribution in [2.75, 3.05) is 6.26 Å². The number of sulfone groups is 1. The smallest absolute Gasteiger partial charge is 0.307 e. The number of hydrogen-bond donors (Lipinski definition) is 1. The molecule has 2 aromatic heterocycles. The highest BCUT2D eigenvalue weighted by Gasteiger charge is 2.14. The normalized spacial score (nSPS) is 12.0. The standard InChI is InChI=1S/C15H15N3O4S2/c1-8-9(2)23-13(16-8)7-18-14(19)11-6-10(24(3,21)22)4-5-12(11)17-15(18)20/h4-6H,7H2,1-3H3,(H,17,20). The topological polar surface area (TPSA) is 102 Å². The number of aryl methyl sites for hydroxylation is 2. The zero-order chi connectivity index (χ0) is 17.6. The van der Waals surface area contributed by atoms with Crippen LogP contribution in [0.5, 0.6) is 0 Å². The Bertz CT molecular complexity index is 1150. The second kappa shape index (κ2) is 5.67. The molecule has 126 valence electrons. The van der Waals surface area contributed by atoms with Crippen LogP contribution >= 0.6 is 11.3 Å². The Morgan fingerprint density at radius 3 is 2.54 bits per heavy atom. The van der Waals surface area contributed by atoms with Crippen molar-refractivity contribution in [3.63, 3.8) is 0 Å². The lowest BCUT2D eigenvalue weighted by atomic mass is 10.2. The van der Waals surface area contributed by atoms with Gasteiger partial charge in [0, 0.05) is 11.1 Å². The third-order valence-corrected chi connectivity index (χ3v) is 5.92. The molecule has 0 unspecified atom stereocenters. The first-order valence-corrected chi connectivity index (χ1v) is 9.77. The maximum Gasteiger partial charge on any atom is 0.329 e. The van der Waals surface area contributed by atoms with Gasteiger partial charge in [0.15, 0.2) is 9.84 Å². The molecule has 0 aliphatic heterocycles. The average Bonchev–Trinajstić information content (AvgIpc) is 2.80. The Balaban J connectivity index is 2.21. The fourth-order valence-corrected chi connectivity index (χ4v) is 3.92. The molecule has 24 heavy (non-hydrogen) atoms. The van der Waals surface area contributed by atoms with Crippen LogP contribution in [0.4, 0.5) is 0 Å². The Morgan fingerprint density at radius 1 is 1.25 bits per heavy atom. The summed E-state index contributed by atoms with van der Waals surface area (Å²) in [5, 5.41) is 0.804. The van der Waals surface area contributed by atoms with E-state index in [1.807, 2.05) is 13.8 Å². The molecular formula is C15H15N3O4S2. The lowest BCUT2D eigenvalue weighted by molar-refractivity contribution is 0.602. The second-order valence-corrected chi connectivity index (χ2v) is 8.85. The van der Waals surface area contributed by atoms with Crippen LogP contribution in [0.1, 0.15) is 15.6 Å². The molecule has 0 atom stereocenters. The lowest BCUT2D eigenvalue weighted by Crippen LogP contribution is -2.35. The number of thiazole rings is 1. The van der Waals surface area contributed by atoms with Gasteiger partial charge in [-0.15, -0.1) is 11.3 Å². The highest BCUT2D eigenvalue weighted by molar-refractivity contribution is 7.90. The largest absolute Gasteiger partial charge is 0.329 e. The van der Waals surface area contributed by atoms with Crippen molar-refractivity contribution in [3.8, 4) is 0 Å². The van der Waals surface area contributed by atoms with Crippen molar-refractivity contribution in [1.82, 2.24) is 14.5 Å². The summed E-state index contributed by atoms with van der Waals surface area (Å²) in [6.07, 6.45) is 1.07. The van der Waals surface area contributed by atoms with E-state index in [-0.39, 0.29) is 16.8 Å². The molecule has 1 aromatic carbocycles. The first-order valence-electron chi connectivity index (χ1n) is 7.06. The molecule has 0 amide bonds. The molecule has 0 spiro atoms. The number of H-pyrrole nitrogens is 1. The van der Waals surface area contributed by atoms with Crippen molar-refractivity contribution in [1.29, 1.82) is 0 Å². The SMILES string of the molecule is Cc1nc(Cn2c(=O)[nH]c3ccc(S(C)(=O)=O)cc3c2=O)sc1C. The number of fused-ring (bicyclic) bond motifs is 1. The van der Waals surface area contributed by atoms with Crippen molar-refractivity contribution in [3.05, 3.63) is 54.6 Å². The van der Waals surface area contributed by atoms with Gasteiger partial charge in [-0.3, -0.25) is 9.36 Å². The number of benzene rings is 1. The molecule has 7 nitrogen and oxygen atoms in total. The number of nitrogens with one attached hydrogen (secondary N) is 1. The minimum absolute atomic E-state index is 0.0339. The van der Waals surface area contributed by atoms with Gasteiger partial charge in [0.05, 0.1) is 28.0 Å². The van der Waals surface area contributed by atoms with E-state index in [1.54, 1.807) is 0 Å². The van der Waals surface area contributed by atoms with Crippen LogP contribution in [0.2, 0.25) is 0 Å². The molecule has 3 rings (SSSR count). The summed E-state index contributed by atoms with van der Waals surface area (Å²) in [5.41, 5.74) is 0.0784. The van der Waals surface area contributed by atoms with Gasteiger partial charge in [0.25, 0.3) is 5.56 Å². The third-order valence-electron chi connectivity index (χ3n) is 3.75. The maximum atomic E-state index is 12.6. The highest BCUT2D eigenvalue weighted by atomic mass is 32.2. The predicted octanol–water partition coefficient (Wildman–Crippen LogP) is 1.21. The van der Waals surface area contributed by atoms with E-state index in [9.17, 15) is 18.0 Å². The number of aromatic nitrogens is 3. The summed E-state index contributed by atoms with van der Waals surface area (Å²) in [7, 11) is -3.45. The maximum absolute atomic E-state index is 12.6. The van der Waals surface area contributed by atoms with Crippen LogP contribution in [0, 0.1) is 13.8 Å². The molecule has 9 heteroatoms.